The first-order valence-corrected chi connectivity index (χ1v) is 9.97. The number of benzene rings is 1. The number of rotatable bonds is 7. The number of Topliss-reactive ketones (excluding diaryl/α,β-unsaturated/α-hetero) is 1. The summed E-state index contributed by atoms with van der Waals surface area (Å²) in [6.45, 7) is 5.72. The molecular formula is C22H29N3O3. The van der Waals surface area contributed by atoms with Gasteiger partial charge in [-0.25, -0.2) is 4.98 Å². The summed E-state index contributed by atoms with van der Waals surface area (Å²) in [5, 5.41) is 0. The van der Waals surface area contributed by atoms with E-state index in [4.69, 9.17) is 4.74 Å². The number of aromatic nitrogens is 2. The van der Waals surface area contributed by atoms with E-state index in [2.05, 4.69) is 23.4 Å². The van der Waals surface area contributed by atoms with Gasteiger partial charge >= 0.3 is 0 Å². The van der Waals surface area contributed by atoms with Gasteiger partial charge in [0.2, 0.25) is 5.91 Å². The molecule has 0 aliphatic carbocycles. The zero-order valence-electron chi connectivity index (χ0n) is 16.9. The topological polar surface area (TPSA) is 64.4 Å². The van der Waals surface area contributed by atoms with Crippen LogP contribution in [0.2, 0.25) is 0 Å². The summed E-state index contributed by atoms with van der Waals surface area (Å²) in [5.41, 5.74) is 0.615. The molecule has 3 rings (SSSR count). The van der Waals surface area contributed by atoms with Crippen LogP contribution in [-0.4, -0.2) is 46.3 Å². The van der Waals surface area contributed by atoms with Gasteiger partial charge in [0.05, 0.1) is 7.11 Å². The highest BCUT2D eigenvalue weighted by Crippen LogP contribution is 2.28. The Hall–Kier alpha value is -2.63. The Morgan fingerprint density at radius 3 is 2.64 bits per heavy atom. The zero-order chi connectivity index (χ0) is 20.1. The predicted octanol–water partition coefficient (Wildman–Crippen LogP) is 3.84. The van der Waals surface area contributed by atoms with E-state index in [1.807, 2.05) is 17.3 Å². The Morgan fingerprint density at radius 1 is 1.21 bits per heavy atom. The number of carbonyl (C=O) groups is 2. The van der Waals surface area contributed by atoms with E-state index in [-0.39, 0.29) is 30.4 Å². The van der Waals surface area contributed by atoms with Crippen molar-refractivity contribution in [1.29, 1.82) is 0 Å². The lowest BCUT2D eigenvalue weighted by Gasteiger charge is -2.33. The minimum atomic E-state index is -0.0140. The molecule has 1 amide bonds. The molecule has 0 N–H and O–H groups in total. The van der Waals surface area contributed by atoms with Gasteiger partial charge in [-0.05, 0) is 51.0 Å². The highest BCUT2D eigenvalue weighted by molar-refractivity contribution is 5.98. The van der Waals surface area contributed by atoms with Gasteiger partial charge in [-0.3, -0.25) is 9.59 Å². The lowest BCUT2D eigenvalue weighted by molar-refractivity contribution is -0.132. The van der Waals surface area contributed by atoms with E-state index >= 15 is 0 Å². The van der Waals surface area contributed by atoms with Crippen molar-refractivity contribution < 1.29 is 14.3 Å². The van der Waals surface area contributed by atoms with E-state index in [0.29, 0.717) is 23.9 Å². The van der Waals surface area contributed by atoms with Gasteiger partial charge in [-0.1, -0.05) is 0 Å². The molecule has 1 fully saturated rings. The molecule has 0 saturated carbocycles. The van der Waals surface area contributed by atoms with Gasteiger partial charge in [-0.2, -0.15) is 0 Å². The molecule has 1 aliphatic rings. The molecule has 1 aliphatic heterocycles. The summed E-state index contributed by atoms with van der Waals surface area (Å²) in [7, 11) is 1.59. The normalized spacial score (nSPS) is 17.0. The maximum Gasteiger partial charge on any atom is 0.223 e. The molecule has 1 atom stereocenters. The molecular weight excluding hydrogens is 354 g/mol. The molecule has 6 heteroatoms. The summed E-state index contributed by atoms with van der Waals surface area (Å²) >= 11 is 0. The van der Waals surface area contributed by atoms with Crippen LogP contribution in [0.4, 0.5) is 0 Å². The smallest absolute Gasteiger partial charge is 0.223 e. The van der Waals surface area contributed by atoms with Crippen molar-refractivity contribution in [3.63, 3.8) is 0 Å². The molecule has 1 aromatic carbocycles. The van der Waals surface area contributed by atoms with Gasteiger partial charge in [0.25, 0.3) is 0 Å². The average molecular weight is 383 g/mol. The molecule has 1 aromatic heterocycles. The maximum absolute atomic E-state index is 12.7. The first-order chi connectivity index (χ1) is 13.5. The fraction of sp³-hybridized carbons (Fsp3) is 0.500. The number of methoxy groups -OCH3 is 1. The highest BCUT2D eigenvalue weighted by atomic mass is 16.5. The van der Waals surface area contributed by atoms with Crippen molar-refractivity contribution >= 4 is 11.7 Å². The number of ketones is 1. The van der Waals surface area contributed by atoms with E-state index in [9.17, 15) is 9.59 Å². The lowest BCUT2D eigenvalue weighted by Crippen LogP contribution is -2.40. The Labute approximate surface area is 166 Å². The van der Waals surface area contributed by atoms with Crippen LogP contribution in [-0.2, 0) is 4.79 Å². The van der Waals surface area contributed by atoms with Crippen LogP contribution in [0.5, 0.6) is 5.75 Å². The van der Waals surface area contributed by atoms with Crippen molar-refractivity contribution in [1.82, 2.24) is 14.5 Å². The molecule has 2 aromatic rings. The first kappa shape index (κ1) is 20.1. The molecule has 2 heterocycles. The summed E-state index contributed by atoms with van der Waals surface area (Å²) in [4.78, 5) is 31.5. The van der Waals surface area contributed by atoms with Crippen LogP contribution >= 0.6 is 0 Å². The third-order valence-corrected chi connectivity index (χ3v) is 5.37. The molecule has 0 bridgehead atoms. The SMILES string of the molecule is COc1ccc(C(=O)CCC(=O)N2CCC[C@H](c3nccn3C(C)C)C2)cc1. The number of ether oxygens (including phenoxy) is 1. The van der Waals surface area contributed by atoms with Crippen LogP contribution in [0, 0.1) is 0 Å². The largest absolute Gasteiger partial charge is 0.497 e. The Bertz CT molecular complexity index is 811. The van der Waals surface area contributed by atoms with Gasteiger partial charge in [-0.15, -0.1) is 0 Å². The fourth-order valence-corrected chi connectivity index (χ4v) is 3.79. The minimum absolute atomic E-state index is 0.0140. The molecule has 0 radical (unpaired) electrons. The van der Waals surface area contributed by atoms with Crippen LogP contribution in [0.25, 0.3) is 0 Å². The zero-order valence-corrected chi connectivity index (χ0v) is 16.9. The summed E-state index contributed by atoms with van der Waals surface area (Å²) in [5.74, 6) is 2.06. The number of imidazole rings is 1. The number of nitrogens with zero attached hydrogens (tertiary/aromatic N) is 3. The number of amides is 1. The van der Waals surface area contributed by atoms with Crippen molar-refractivity contribution in [3.05, 3.63) is 48.0 Å². The second-order valence-corrected chi connectivity index (χ2v) is 7.62. The second kappa shape index (κ2) is 9.04. The number of piperidine rings is 1. The van der Waals surface area contributed by atoms with Gasteiger partial charge in [0, 0.05) is 55.8 Å². The van der Waals surface area contributed by atoms with Gasteiger partial charge in [0.15, 0.2) is 5.78 Å². The van der Waals surface area contributed by atoms with Crippen molar-refractivity contribution in [2.75, 3.05) is 20.2 Å². The third-order valence-electron chi connectivity index (χ3n) is 5.37. The summed E-state index contributed by atoms with van der Waals surface area (Å²) in [6.07, 6.45) is 6.33. The highest BCUT2D eigenvalue weighted by Gasteiger charge is 2.28. The molecule has 6 nitrogen and oxygen atoms in total. The molecule has 0 spiro atoms. The van der Waals surface area contributed by atoms with Crippen LogP contribution in [0.3, 0.4) is 0 Å². The van der Waals surface area contributed by atoms with Crippen molar-refractivity contribution in [2.24, 2.45) is 0 Å². The first-order valence-electron chi connectivity index (χ1n) is 9.97. The number of hydrogen-bond acceptors (Lipinski definition) is 4. The lowest BCUT2D eigenvalue weighted by atomic mass is 9.96. The van der Waals surface area contributed by atoms with E-state index in [0.717, 1.165) is 25.2 Å². The predicted molar refractivity (Wildman–Crippen MR) is 108 cm³/mol. The standard InChI is InChI=1S/C22H29N3O3/c1-16(2)25-14-12-23-22(25)18-5-4-13-24(15-18)21(27)11-10-20(26)17-6-8-19(28-3)9-7-17/h6-9,12,14,16,18H,4-5,10-11,13,15H2,1-3H3/t18-/m0/s1. The minimum Gasteiger partial charge on any atom is -0.497 e. The second-order valence-electron chi connectivity index (χ2n) is 7.62. The summed E-state index contributed by atoms with van der Waals surface area (Å²) < 4.78 is 7.30. The molecule has 0 unspecified atom stereocenters. The quantitative estimate of drug-likeness (QED) is 0.682. The number of carbonyl (C=O) groups excluding carboxylic acids is 2. The Balaban J connectivity index is 1.56. The van der Waals surface area contributed by atoms with Gasteiger partial charge < -0.3 is 14.2 Å². The van der Waals surface area contributed by atoms with Gasteiger partial charge in [0.1, 0.15) is 11.6 Å². The molecule has 28 heavy (non-hydrogen) atoms. The van der Waals surface area contributed by atoms with Crippen molar-refractivity contribution in [3.8, 4) is 5.75 Å². The Morgan fingerprint density at radius 2 is 1.96 bits per heavy atom. The van der Waals surface area contributed by atoms with Crippen LogP contribution < -0.4 is 4.74 Å². The maximum atomic E-state index is 12.7. The number of hydrogen-bond donors (Lipinski definition) is 0. The molecule has 150 valence electrons. The molecule has 1 saturated heterocycles. The van der Waals surface area contributed by atoms with Crippen molar-refractivity contribution in [2.45, 2.75) is 51.5 Å². The Kier molecular flexibility index (Phi) is 6.49. The van der Waals surface area contributed by atoms with Crippen LogP contribution in [0.15, 0.2) is 36.7 Å². The average Bonchev–Trinajstić information content (AvgIpc) is 3.22. The summed E-state index contributed by atoms with van der Waals surface area (Å²) in [6, 6.07) is 7.37. The van der Waals surface area contributed by atoms with E-state index in [1.165, 1.54) is 0 Å². The number of likely N-dealkylation sites (tertiary alicyclic amines) is 1. The van der Waals surface area contributed by atoms with Crippen LogP contribution in [0.1, 0.15) is 67.7 Å². The fourth-order valence-electron chi connectivity index (χ4n) is 3.79. The third kappa shape index (κ3) is 4.61. The monoisotopic (exact) mass is 383 g/mol. The van der Waals surface area contributed by atoms with E-state index < -0.39 is 0 Å². The van der Waals surface area contributed by atoms with E-state index in [1.54, 1.807) is 31.4 Å².